The van der Waals surface area contributed by atoms with Crippen molar-refractivity contribution < 1.29 is 19.4 Å². The van der Waals surface area contributed by atoms with Crippen LogP contribution in [0.1, 0.15) is 24.0 Å². The molecule has 1 saturated heterocycles. The van der Waals surface area contributed by atoms with Gasteiger partial charge in [0.05, 0.1) is 6.42 Å². The molecule has 1 aromatic carbocycles. The Morgan fingerprint density at radius 3 is 2.68 bits per heavy atom. The molecular weight excluding hydrogens is 246 g/mol. The number of carboxylic acids is 1. The third-order valence-corrected chi connectivity index (χ3v) is 3.14. The summed E-state index contributed by atoms with van der Waals surface area (Å²) in [5.41, 5.74) is 1.55. The van der Waals surface area contributed by atoms with E-state index in [0.717, 1.165) is 24.0 Å². The molecule has 102 valence electrons. The lowest BCUT2D eigenvalue weighted by Crippen LogP contribution is -2.33. The summed E-state index contributed by atoms with van der Waals surface area (Å²) in [5, 5.41) is 11.6. The van der Waals surface area contributed by atoms with Gasteiger partial charge in [-0.2, -0.15) is 0 Å². The number of aliphatic carboxylic acids is 1. The lowest BCUT2D eigenvalue weighted by molar-refractivity contribution is -0.136. The molecule has 0 aliphatic carbocycles. The molecule has 1 atom stereocenters. The summed E-state index contributed by atoms with van der Waals surface area (Å²) < 4.78 is 5.29. The van der Waals surface area contributed by atoms with Crippen molar-refractivity contribution in [3.05, 3.63) is 35.4 Å². The van der Waals surface area contributed by atoms with Crippen LogP contribution in [0.2, 0.25) is 0 Å². The molecule has 1 amide bonds. The number of hydrogen-bond acceptors (Lipinski definition) is 3. The first-order chi connectivity index (χ1) is 9.16. The molecule has 19 heavy (non-hydrogen) atoms. The Labute approximate surface area is 111 Å². The van der Waals surface area contributed by atoms with Gasteiger partial charge in [0.2, 0.25) is 5.91 Å². The normalized spacial score (nSPS) is 18.2. The molecule has 5 heteroatoms. The Hall–Kier alpha value is -1.88. The number of benzene rings is 1. The molecule has 0 bridgehead atoms. The van der Waals surface area contributed by atoms with Gasteiger partial charge in [-0.15, -0.1) is 0 Å². The van der Waals surface area contributed by atoms with Gasteiger partial charge >= 0.3 is 5.97 Å². The minimum absolute atomic E-state index is 0.0357. The third-order valence-electron chi connectivity index (χ3n) is 3.14. The zero-order valence-electron chi connectivity index (χ0n) is 10.6. The Balaban J connectivity index is 1.94. The zero-order valence-corrected chi connectivity index (χ0v) is 10.6. The molecule has 1 aromatic rings. The zero-order chi connectivity index (χ0) is 13.7. The number of carbonyl (C=O) groups is 2. The summed E-state index contributed by atoms with van der Waals surface area (Å²) in [6, 6.07) is 7.22. The van der Waals surface area contributed by atoms with Crippen LogP contribution in [0.4, 0.5) is 0 Å². The van der Waals surface area contributed by atoms with E-state index < -0.39 is 5.97 Å². The van der Waals surface area contributed by atoms with Gasteiger partial charge < -0.3 is 15.2 Å². The SMILES string of the molecule is O=C(O)Cc1ccccc1CNC(=O)[C@H]1CCCO1. The Kier molecular flexibility index (Phi) is 4.52. The highest BCUT2D eigenvalue weighted by Gasteiger charge is 2.23. The number of carbonyl (C=O) groups excluding carboxylic acids is 1. The lowest BCUT2D eigenvalue weighted by Gasteiger charge is -2.12. The quantitative estimate of drug-likeness (QED) is 0.834. The van der Waals surface area contributed by atoms with Crippen LogP contribution in [-0.4, -0.2) is 29.7 Å². The fourth-order valence-electron chi connectivity index (χ4n) is 2.15. The van der Waals surface area contributed by atoms with Gasteiger partial charge in [0.1, 0.15) is 6.10 Å². The number of ether oxygens (including phenoxy) is 1. The number of nitrogens with one attached hydrogen (secondary N) is 1. The Morgan fingerprint density at radius 1 is 1.32 bits per heavy atom. The second-order valence-corrected chi connectivity index (χ2v) is 4.56. The molecule has 1 aliphatic rings. The standard InChI is InChI=1S/C14H17NO4/c16-13(17)8-10-4-1-2-5-11(10)9-15-14(18)12-6-3-7-19-12/h1-2,4-5,12H,3,6-9H2,(H,15,18)(H,16,17)/t12-/m1/s1. The molecule has 1 fully saturated rings. The van der Waals surface area contributed by atoms with E-state index in [9.17, 15) is 9.59 Å². The molecule has 0 saturated carbocycles. The summed E-state index contributed by atoms with van der Waals surface area (Å²) in [7, 11) is 0. The predicted molar refractivity (Wildman–Crippen MR) is 68.6 cm³/mol. The molecular formula is C14H17NO4. The molecule has 5 nitrogen and oxygen atoms in total. The van der Waals surface area contributed by atoms with Crippen molar-refractivity contribution in [3.8, 4) is 0 Å². The summed E-state index contributed by atoms with van der Waals surface area (Å²) in [6.07, 6.45) is 1.27. The Morgan fingerprint density at radius 2 is 2.05 bits per heavy atom. The summed E-state index contributed by atoms with van der Waals surface area (Å²) in [5.74, 6) is -1.000. The fraction of sp³-hybridized carbons (Fsp3) is 0.429. The van der Waals surface area contributed by atoms with Crippen LogP contribution in [0.3, 0.4) is 0 Å². The van der Waals surface area contributed by atoms with E-state index in [4.69, 9.17) is 9.84 Å². The fourth-order valence-corrected chi connectivity index (χ4v) is 2.15. The van der Waals surface area contributed by atoms with Crippen LogP contribution in [0.5, 0.6) is 0 Å². The Bertz CT molecular complexity index is 466. The van der Waals surface area contributed by atoms with E-state index in [1.807, 2.05) is 12.1 Å². The minimum atomic E-state index is -0.877. The van der Waals surface area contributed by atoms with Gasteiger partial charge in [0.15, 0.2) is 0 Å². The molecule has 2 rings (SSSR count). The highest BCUT2D eigenvalue weighted by Crippen LogP contribution is 2.13. The van der Waals surface area contributed by atoms with Crippen LogP contribution in [-0.2, 0) is 27.3 Å². The molecule has 0 spiro atoms. The van der Waals surface area contributed by atoms with Crippen LogP contribution in [0, 0.1) is 0 Å². The van der Waals surface area contributed by atoms with Gasteiger partial charge in [-0.25, -0.2) is 0 Å². The van der Waals surface area contributed by atoms with Crippen LogP contribution in [0.25, 0.3) is 0 Å². The third kappa shape index (κ3) is 3.79. The van der Waals surface area contributed by atoms with E-state index in [2.05, 4.69) is 5.32 Å². The molecule has 0 aromatic heterocycles. The molecule has 2 N–H and O–H groups in total. The number of rotatable bonds is 5. The van der Waals surface area contributed by atoms with Crippen molar-refractivity contribution in [2.75, 3.05) is 6.61 Å². The molecule has 0 unspecified atom stereocenters. The summed E-state index contributed by atoms with van der Waals surface area (Å²) >= 11 is 0. The second-order valence-electron chi connectivity index (χ2n) is 4.56. The van der Waals surface area contributed by atoms with Gasteiger partial charge in [0, 0.05) is 13.2 Å². The topological polar surface area (TPSA) is 75.6 Å². The van der Waals surface area contributed by atoms with Gasteiger partial charge in [-0.3, -0.25) is 9.59 Å². The number of carboxylic acid groups (broad SMARTS) is 1. The predicted octanol–water partition coefficient (Wildman–Crippen LogP) is 1.11. The first-order valence-electron chi connectivity index (χ1n) is 6.34. The average molecular weight is 263 g/mol. The number of hydrogen-bond donors (Lipinski definition) is 2. The van der Waals surface area contributed by atoms with Crippen LogP contribution < -0.4 is 5.32 Å². The largest absolute Gasteiger partial charge is 0.481 e. The monoisotopic (exact) mass is 263 g/mol. The van der Waals surface area contributed by atoms with E-state index in [0.29, 0.717) is 13.2 Å². The van der Waals surface area contributed by atoms with E-state index in [-0.39, 0.29) is 18.4 Å². The highest BCUT2D eigenvalue weighted by molar-refractivity contribution is 5.81. The maximum atomic E-state index is 11.8. The lowest BCUT2D eigenvalue weighted by atomic mass is 10.0. The number of amides is 1. The minimum Gasteiger partial charge on any atom is -0.481 e. The van der Waals surface area contributed by atoms with Gasteiger partial charge in [-0.1, -0.05) is 24.3 Å². The summed E-state index contributed by atoms with van der Waals surface area (Å²) in [4.78, 5) is 22.6. The molecule has 1 aliphatic heterocycles. The first kappa shape index (κ1) is 13.5. The highest BCUT2D eigenvalue weighted by atomic mass is 16.5. The van der Waals surface area contributed by atoms with Crippen molar-refractivity contribution in [1.29, 1.82) is 0 Å². The smallest absolute Gasteiger partial charge is 0.307 e. The van der Waals surface area contributed by atoms with Crippen molar-refractivity contribution >= 4 is 11.9 Å². The maximum Gasteiger partial charge on any atom is 0.307 e. The van der Waals surface area contributed by atoms with Crippen molar-refractivity contribution in [3.63, 3.8) is 0 Å². The average Bonchev–Trinajstić information content (AvgIpc) is 2.90. The summed E-state index contributed by atoms with van der Waals surface area (Å²) in [6.45, 7) is 0.968. The van der Waals surface area contributed by atoms with Crippen LogP contribution in [0.15, 0.2) is 24.3 Å². The second kappa shape index (κ2) is 6.33. The molecule has 1 heterocycles. The van der Waals surface area contributed by atoms with Crippen molar-refractivity contribution in [2.24, 2.45) is 0 Å². The van der Waals surface area contributed by atoms with E-state index in [1.165, 1.54) is 0 Å². The van der Waals surface area contributed by atoms with Crippen LogP contribution >= 0.6 is 0 Å². The van der Waals surface area contributed by atoms with Gasteiger partial charge in [-0.05, 0) is 24.0 Å². The maximum absolute atomic E-state index is 11.8. The first-order valence-corrected chi connectivity index (χ1v) is 6.34. The van der Waals surface area contributed by atoms with Gasteiger partial charge in [0.25, 0.3) is 0 Å². The van der Waals surface area contributed by atoms with E-state index >= 15 is 0 Å². The van der Waals surface area contributed by atoms with Crippen molar-refractivity contribution in [2.45, 2.75) is 31.9 Å². The van der Waals surface area contributed by atoms with Crippen molar-refractivity contribution in [1.82, 2.24) is 5.32 Å². The van der Waals surface area contributed by atoms with E-state index in [1.54, 1.807) is 12.1 Å². The molecule has 0 radical (unpaired) electrons.